The van der Waals surface area contributed by atoms with Gasteiger partial charge in [-0.1, -0.05) is 31.0 Å². The Hall–Kier alpha value is -1.06. The summed E-state index contributed by atoms with van der Waals surface area (Å²) in [6.45, 7) is -10.9. The molecule has 0 aliphatic heterocycles. The third-order valence-corrected chi connectivity index (χ3v) is 3.75. The highest BCUT2D eigenvalue weighted by molar-refractivity contribution is 5.36. The molecular weight excluding hydrogens is 262 g/mol. The number of hydrogen-bond donors (Lipinski definition) is 2. The average molecular weight is 300 g/mol. The van der Waals surface area contributed by atoms with Crippen molar-refractivity contribution in [3.8, 4) is 5.75 Å². The fourth-order valence-electron chi connectivity index (χ4n) is 2.70. The van der Waals surface area contributed by atoms with Gasteiger partial charge in [-0.15, -0.1) is 0 Å². The molecule has 0 amide bonds. The van der Waals surface area contributed by atoms with Crippen LogP contribution in [0.5, 0.6) is 5.75 Å². The molecule has 0 radical (unpaired) electrons. The van der Waals surface area contributed by atoms with E-state index in [1.807, 2.05) is 12.1 Å². The van der Waals surface area contributed by atoms with Gasteiger partial charge in [0.15, 0.2) is 0 Å². The normalized spacial score (nSPS) is 26.0. The van der Waals surface area contributed by atoms with Gasteiger partial charge in [0.05, 0.1) is 0 Å². The number of aliphatic hydroxyl groups is 1. The minimum atomic E-state index is -3.36. The van der Waals surface area contributed by atoms with E-state index in [0.717, 1.165) is 31.2 Å². The number of para-hydroxylation sites is 1. The van der Waals surface area contributed by atoms with Gasteiger partial charge in [-0.2, -0.15) is 0 Å². The third-order valence-electron chi connectivity index (χ3n) is 3.75. The van der Waals surface area contributed by atoms with Crippen LogP contribution in [0.1, 0.15) is 70.1 Å². The van der Waals surface area contributed by atoms with E-state index in [1.165, 1.54) is 0 Å². The zero-order valence-electron chi connectivity index (χ0n) is 21.1. The lowest BCUT2D eigenvalue weighted by Gasteiger charge is -2.23. The molecule has 1 aliphatic carbocycles. The lowest BCUT2D eigenvalue weighted by Crippen LogP contribution is -2.42. The number of nitrogens with one attached hydrogen (secondary N) is 1. The highest BCUT2D eigenvalue weighted by Gasteiger charge is 2.20. The molecule has 21 heavy (non-hydrogen) atoms. The maximum Gasteiger partial charge on any atom is 0.122 e. The minimum absolute atomic E-state index is 0.240. The lowest BCUT2D eigenvalue weighted by atomic mass is 9.97. The van der Waals surface area contributed by atoms with E-state index < -0.39 is 38.7 Å². The predicted octanol–water partition coefficient (Wildman–Crippen LogP) is 3.47. The van der Waals surface area contributed by atoms with Crippen LogP contribution in [0.25, 0.3) is 0 Å². The molecule has 1 aromatic carbocycles. The quantitative estimate of drug-likeness (QED) is 0.845. The van der Waals surface area contributed by atoms with Gasteiger partial charge in [-0.05, 0) is 50.9 Å². The zero-order valence-corrected chi connectivity index (χ0v) is 12.1. The maximum absolute atomic E-state index is 10.3. The van der Waals surface area contributed by atoms with Gasteiger partial charge in [0.1, 0.15) is 18.5 Å². The van der Waals surface area contributed by atoms with Crippen LogP contribution in [-0.2, 0) is 0 Å². The number of aliphatic hydroxyl groups excluding tert-OH is 1. The lowest BCUT2D eigenvalue weighted by molar-refractivity contribution is 0.0993. The summed E-state index contributed by atoms with van der Waals surface area (Å²) in [6.07, 6.45) is 3.10. The Morgan fingerprint density at radius 3 is 2.76 bits per heavy atom. The second-order valence-electron chi connectivity index (χ2n) is 5.61. The Morgan fingerprint density at radius 1 is 1.33 bits per heavy atom. The van der Waals surface area contributed by atoms with Crippen LogP contribution in [0.4, 0.5) is 0 Å². The van der Waals surface area contributed by atoms with Crippen LogP contribution in [0.15, 0.2) is 24.3 Å². The standard InChI is InChI=1S/C18H29NO2/c1-18(2,3)19-12-15(20)13-21-17-11-7-6-10-16(17)14-8-4-5-9-14/h6-7,10-11,14-15,19-20H,4-5,8-9,12-13H2,1-3H3/i1D3,2D3,3D3. The predicted molar refractivity (Wildman–Crippen MR) is 86.9 cm³/mol. The Balaban J connectivity index is 2.10. The smallest absolute Gasteiger partial charge is 0.122 e. The largest absolute Gasteiger partial charge is 0.491 e. The van der Waals surface area contributed by atoms with E-state index in [4.69, 9.17) is 17.1 Å². The first-order valence-corrected chi connectivity index (χ1v) is 7.35. The van der Waals surface area contributed by atoms with E-state index in [2.05, 4.69) is 5.32 Å². The first-order valence-electron chi connectivity index (χ1n) is 11.9. The topological polar surface area (TPSA) is 41.5 Å². The number of rotatable bonds is 6. The Bertz CT molecular complexity index is 658. The van der Waals surface area contributed by atoms with Gasteiger partial charge in [0.25, 0.3) is 0 Å². The molecule has 1 fully saturated rings. The Kier molecular flexibility index (Phi) is 2.77. The van der Waals surface area contributed by atoms with Crippen molar-refractivity contribution in [2.24, 2.45) is 0 Å². The van der Waals surface area contributed by atoms with E-state index in [1.54, 1.807) is 12.1 Å². The van der Waals surface area contributed by atoms with Crippen molar-refractivity contribution in [1.82, 2.24) is 5.32 Å². The molecule has 2 N–H and O–H groups in total. The fourth-order valence-corrected chi connectivity index (χ4v) is 2.70. The summed E-state index contributed by atoms with van der Waals surface area (Å²) in [5.41, 5.74) is -2.13. The molecule has 0 spiro atoms. The van der Waals surface area contributed by atoms with Crippen LogP contribution in [0.3, 0.4) is 0 Å². The molecule has 3 nitrogen and oxygen atoms in total. The molecule has 0 heterocycles. The Labute approximate surface area is 141 Å². The van der Waals surface area contributed by atoms with E-state index in [9.17, 15) is 5.11 Å². The van der Waals surface area contributed by atoms with Crippen LogP contribution < -0.4 is 10.1 Å². The minimum Gasteiger partial charge on any atom is -0.491 e. The molecule has 2 rings (SSSR count). The molecule has 1 unspecified atom stereocenters. The van der Waals surface area contributed by atoms with Gasteiger partial charge in [0.2, 0.25) is 0 Å². The molecule has 0 bridgehead atoms. The monoisotopic (exact) mass is 300 g/mol. The molecule has 118 valence electrons. The average Bonchev–Trinajstić information content (AvgIpc) is 3.11. The van der Waals surface area contributed by atoms with Crippen LogP contribution in [-0.4, -0.2) is 29.9 Å². The molecule has 1 atom stereocenters. The van der Waals surface area contributed by atoms with E-state index in [0.29, 0.717) is 11.7 Å². The van der Waals surface area contributed by atoms with E-state index >= 15 is 0 Å². The van der Waals surface area contributed by atoms with Crippen molar-refractivity contribution in [3.05, 3.63) is 29.8 Å². The summed E-state index contributed by atoms with van der Waals surface area (Å²) >= 11 is 0. The maximum atomic E-state index is 10.3. The van der Waals surface area contributed by atoms with Crippen molar-refractivity contribution in [3.63, 3.8) is 0 Å². The molecule has 1 aliphatic rings. The van der Waals surface area contributed by atoms with Gasteiger partial charge in [-0.3, -0.25) is 0 Å². The molecule has 0 saturated heterocycles. The molecule has 0 aromatic heterocycles. The number of β-amino-alcohol motifs (C(OH)–C–C–N with tert-alkyl or cyclic N) is 1. The SMILES string of the molecule is [2H]C([2H])([2H])C(NCC(O)COc1ccccc1C1CCCC1)(C([2H])([2H])[2H])C([2H])([2H])[2H]. The molecule has 1 saturated carbocycles. The van der Waals surface area contributed by atoms with Crippen LogP contribution in [0.2, 0.25) is 0 Å². The van der Waals surface area contributed by atoms with Crippen molar-refractivity contribution < 1.29 is 22.2 Å². The van der Waals surface area contributed by atoms with Gasteiger partial charge >= 0.3 is 0 Å². The highest BCUT2D eigenvalue weighted by Crippen LogP contribution is 2.38. The summed E-state index contributed by atoms with van der Waals surface area (Å²) < 4.78 is 74.0. The van der Waals surface area contributed by atoms with Crippen LogP contribution in [0, 0.1) is 0 Å². The van der Waals surface area contributed by atoms with Gasteiger partial charge in [-0.25, -0.2) is 0 Å². The number of hydrogen-bond acceptors (Lipinski definition) is 3. The molecular formula is C18H29NO2. The van der Waals surface area contributed by atoms with Crippen molar-refractivity contribution in [1.29, 1.82) is 0 Å². The summed E-state index contributed by atoms with van der Waals surface area (Å²) in [6, 6.07) is 7.47. The van der Waals surface area contributed by atoms with Crippen molar-refractivity contribution in [2.75, 3.05) is 13.2 Å². The van der Waals surface area contributed by atoms with Gasteiger partial charge in [0, 0.05) is 24.4 Å². The highest BCUT2D eigenvalue weighted by atomic mass is 16.5. The number of ether oxygens (including phenoxy) is 1. The second-order valence-corrected chi connectivity index (χ2v) is 5.61. The Morgan fingerprint density at radius 2 is 2.05 bits per heavy atom. The molecule has 1 aromatic rings. The first kappa shape index (κ1) is 7.98. The second kappa shape index (κ2) is 7.28. The first-order chi connectivity index (χ1) is 13.7. The van der Waals surface area contributed by atoms with Crippen molar-refractivity contribution >= 4 is 0 Å². The summed E-state index contributed by atoms with van der Waals surface area (Å²) in [5.74, 6) is 0.989. The third kappa shape index (κ3) is 5.33. The summed E-state index contributed by atoms with van der Waals surface area (Å²) in [4.78, 5) is 0. The summed E-state index contributed by atoms with van der Waals surface area (Å²) in [7, 11) is 0. The fraction of sp³-hybridized carbons (Fsp3) is 0.667. The summed E-state index contributed by atoms with van der Waals surface area (Å²) in [5, 5.41) is 12.4. The van der Waals surface area contributed by atoms with Crippen molar-refractivity contribution in [2.45, 2.75) is 63.8 Å². The number of benzene rings is 1. The van der Waals surface area contributed by atoms with Crippen LogP contribution >= 0.6 is 0 Å². The zero-order chi connectivity index (χ0) is 22.8. The van der Waals surface area contributed by atoms with E-state index in [-0.39, 0.29) is 6.61 Å². The van der Waals surface area contributed by atoms with Gasteiger partial charge < -0.3 is 15.2 Å². The molecule has 3 heteroatoms.